The molecule has 2 aromatic carbocycles. The molecule has 1 aliphatic rings. The van der Waals surface area contributed by atoms with Crippen molar-refractivity contribution in [3.8, 4) is 11.5 Å². The van der Waals surface area contributed by atoms with E-state index in [9.17, 15) is 19.5 Å². The topological polar surface area (TPSA) is 128 Å². The van der Waals surface area contributed by atoms with Crippen LogP contribution in [0.1, 0.15) is 43.4 Å². The monoisotopic (exact) mass is 496 g/mol. The first-order chi connectivity index (χ1) is 17.4. The van der Waals surface area contributed by atoms with E-state index in [2.05, 4.69) is 6.92 Å². The predicted molar refractivity (Wildman–Crippen MR) is 133 cm³/mol. The van der Waals surface area contributed by atoms with Crippen LogP contribution < -0.4 is 15.2 Å². The minimum absolute atomic E-state index is 0.00266. The van der Waals surface area contributed by atoms with Gasteiger partial charge in [0.2, 0.25) is 0 Å². The van der Waals surface area contributed by atoms with Crippen molar-refractivity contribution in [3.05, 3.63) is 65.2 Å². The third-order valence-corrected chi connectivity index (χ3v) is 5.76. The lowest BCUT2D eigenvalue weighted by molar-refractivity contribution is -0.140. The van der Waals surface area contributed by atoms with Crippen LogP contribution in [0.3, 0.4) is 0 Å². The number of primary amides is 1. The summed E-state index contributed by atoms with van der Waals surface area (Å²) in [6.45, 7) is 3.08. The van der Waals surface area contributed by atoms with Gasteiger partial charge in [-0.1, -0.05) is 25.5 Å². The molecular formula is C27H32N2O7. The Morgan fingerprint density at radius 3 is 2.22 bits per heavy atom. The lowest BCUT2D eigenvalue weighted by Gasteiger charge is -2.25. The molecular weight excluding hydrogens is 464 g/mol. The first-order valence-electron chi connectivity index (χ1n) is 11.9. The van der Waals surface area contributed by atoms with Gasteiger partial charge in [-0.3, -0.25) is 14.4 Å². The van der Waals surface area contributed by atoms with E-state index in [1.165, 1.54) is 4.90 Å². The SMILES string of the molecule is CCCCOc1ccc(/C(O)=C2\C(=O)C(=O)N(CCCOC)C2c2ccc(OCC(N)=O)cc2)cc1. The van der Waals surface area contributed by atoms with E-state index in [-0.39, 0.29) is 24.5 Å². The highest BCUT2D eigenvalue weighted by Crippen LogP contribution is 2.40. The molecule has 2 amide bonds. The fraction of sp³-hybridized carbons (Fsp3) is 0.370. The second-order valence-corrected chi connectivity index (χ2v) is 8.39. The number of nitrogens with two attached hydrogens (primary N) is 1. The summed E-state index contributed by atoms with van der Waals surface area (Å²) in [5.74, 6) is -1.25. The van der Waals surface area contributed by atoms with Gasteiger partial charge in [-0.15, -0.1) is 0 Å². The number of Topliss-reactive ketones (excluding diaryl/α,β-unsaturated/α-hetero) is 1. The van der Waals surface area contributed by atoms with Crippen molar-refractivity contribution in [1.82, 2.24) is 4.90 Å². The third-order valence-electron chi connectivity index (χ3n) is 5.76. The molecule has 1 aliphatic heterocycles. The number of carbonyl (C=O) groups is 3. The average Bonchev–Trinajstić information content (AvgIpc) is 3.13. The first kappa shape index (κ1) is 26.7. The zero-order valence-corrected chi connectivity index (χ0v) is 20.6. The van der Waals surface area contributed by atoms with Crippen LogP contribution in [0, 0.1) is 0 Å². The molecule has 0 radical (unpaired) electrons. The number of methoxy groups -OCH3 is 1. The highest BCUT2D eigenvalue weighted by Gasteiger charge is 2.45. The van der Waals surface area contributed by atoms with Gasteiger partial charge in [-0.25, -0.2) is 0 Å². The number of ketones is 1. The smallest absolute Gasteiger partial charge is 0.295 e. The van der Waals surface area contributed by atoms with Gasteiger partial charge in [0.15, 0.2) is 6.61 Å². The van der Waals surface area contributed by atoms with Gasteiger partial charge in [0.1, 0.15) is 17.3 Å². The van der Waals surface area contributed by atoms with E-state index in [1.807, 2.05) is 0 Å². The van der Waals surface area contributed by atoms with Crippen molar-refractivity contribution in [2.24, 2.45) is 5.73 Å². The van der Waals surface area contributed by atoms with Gasteiger partial charge in [-0.2, -0.15) is 0 Å². The van der Waals surface area contributed by atoms with Crippen LogP contribution in [0.2, 0.25) is 0 Å². The number of likely N-dealkylation sites (tertiary alicyclic amines) is 1. The molecule has 0 saturated carbocycles. The Bertz CT molecular complexity index is 1090. The maximum Gasteiger partial charge on any atom is 0.295 e. The van der Waals surface area contributed by atoms with Crippen LogP contribution in [-0.2, 0) is 19.1 Å². The Kier molecular flexibility index (Phi) is 9.46. The number of carbonyl (C=O) groups excluding carboxylic acids is 3. The molecule has 0 aliphatic carbocycles. The van der Waals surface area contributed by atoms with Crippen LogP contribution >= 0.6 is 0 Å². The number of hydrogen-bond donors (Lipinski definition) is 2. The second kappa shape index (κ2) is 12.7. The lowest BCUT2D eigenvalue weighted by atomic mass is 9.95. The summed E-state index contributed by atoms with van der Waals surface area (Å²) < 4.78 is 16.1. The number of ether oxygens (including phenoxy) is 3. The Morgan fingerprint density at radius 1 is 0.972 bits per heavy atom. The number of nitrogens with zero attached hydrogens (tertiary/aromatic N) is 1. The number of benzene rings is 2. The Morgan fingerprint density at radius 2 is 1.61 bits per heavy atom. The van der Waals surface area contributed by atoms with E-state index in [0.29, 0.717) is 42.3 Å². The van der Waals surface area contributed by atoms with Gasteiger partial charge in [0, 0.05) is 25.8 Å². The Balaban J connectivity index is 1.96. The van der Waals surface area contributed by atoms with Gasteiger partial charge < -0.3 is 30.0 Å². The van der Waals surface area contributed by atoms with Crippen LogP contribution in [0.4, 0.5) is 0 Å². The highest BCUT2D eigenvalue weighted by atomic mass is 16.5. The normalized spacial score (nSPS) is 16.8. The minimum Gasteiger partial charge on any atom is -0.507 e. The molecule has 0 spiro atoms. The highest BCUT2D eigenvalue weighted by molar-refractivity contribution is 6.46. The van der Waals surface area contributed by atoms with Crippen molar-refractivity contribution >= 4 is 23.4 Å². The van der Waals surface area contributed by atoms with Gasteiger partial charge in [0.05, 0.1) is 18.2 Å². The molecule has 1 unspecified atom stereocenters. The summed E-state index contributed by atoms with van der Waals surface area (Å²) in [6.07, 6.45) is 2.46. The van der Waals surface area contributed by atoms with Crippen molar-refractivity contribution in [2.45, 2.75) is 32.2 Å². The van der Waals surface area contributed by atoms with Crippen molar-refractivity contribution in [1.29, 1.82) is 0 Å². The summed E-state index contributed by atoms with van der Waals surface area (Å²) in [5, 5.41) is 11.2. The predicted octanol–water partition coefficient (Wildman–Crippen LogP) is 3.19. The quantitative estimate of drug-likeness (QED) is 0.189. The zero-order valence-electron chi connectivity index (χ0n) is 20.6. The molecule has 9 nitrogen and oxygen atoms in total. The average molecular weight is 497 g/mol. The Hall–Kier alpha value is -3.85. The summed E-state index contributed by atoms with van der Waals surface area (Å²) in [5.41, 5.74) is 6.14. The third kappa shape index (κ3) is 6.42. The van der Waals surface area contributed by atoms with Crippen LogP contribution in [0.25, 0.3) is 5.76 Å². The number of hydrogen-bond acceptors (Lipinski definition) is 7. The van der Waals surface area contributed by atoms with Crippen molar-refractivity contribution in [2.75, 3.05) is 33.5 Å². The molecule has 3 N–H and O–H groups in total. The largest absolute Gasteiger partial charge is 0.507 e. The number of aliphatic hydroxyl groups excluding tert-OH is 1. The number of amides is 2. The molecule has 0 bridgehead atoms. The van der Waals surface area contributed by atoms with E-state index >= 15 is 0 Å². The van der Waals surface area contributed by atoms with E-state index in [4.69, 9.17) is 19.9 Å². The molecule has 1 fully saturated rings. The zero-order chi connectivity index (χ0) is 26.1. The van der Waals surface area contributed by atoms with Gasteiger partial charge in [0.25, 0.3) is 17.6 Å². The summed E-state index contributed by atoms with van der Waals surface area (Å²) in [7, 11) is 1.56. The Labute approximate surface area is 210 Å². The van der Waals surface area contributed by atoms with E-state index in [0.717, 1.165) is 12.8 Å². The number of unbranched alkanes of at least 4 members (excludes halogenated alkanes) is 1. The van der Waals surface area contributed by atoms with Crippen LogP contribution in [0.15, 0.2) is 54.1 Å². The maximum absolute atomic E-state index is 13.1. The first-order valence-corrected chi connectivity index (χ1v) is 11.9. The number of aliphatic hydroxyl groups is 1. The molecule has 9 heteroatoms. The molecule has 2 aromatic rings. The fourth-order valence-corrected chi connectivity index (χ4v) is 3.94. The van der Waals surface area contributed by atoms with Gasteiger partial charge >= 0.3 is 0 Å². The molecule has 192 valence electrons. The molecule has 1 saturated heterocycles. The summed E-state index contributed by atoms with van der Waals surface area (Å²) >= 11 is 0. The van der Waals surface area contributed by atoms with Gasteiger partial charge in [-0.05, 0) is 54.8 Å². The minimum atomic E-state index is -0.799. The molecule has 36 heavy (non-hydrogen) atoms. The number of rotatable bonds is 13. The second-order valence-electron chi connectivity index (χ2n) is 8.39. The van der Waals surface area contributed by atoms with E-state index < -0.39 is 23.6 Å². The van der Waals surface area contributed by atoms with Crippen LogP contribution in [-0.4, -0.2) is 61.1 Å². The molecule has 3 rings (SSSR count). The molecule has 1 heterocycles. The van der Waals surface area contributed by atoms with Crippen molar-refractivity contribution < 1.29 is 33.7 Å². The van der Waals surface area contributed by atoms with Crippen LogP contribution in [0.5, 0.6) is 11.5 Å². The summed E-state index contributed by atoms with van der Waals surface area (Å²) in [4.78, 5) is 38.5. The fourth-order valence-electron chi connectivity index (χ4n) is 3.94. The standard InChI is InChI=1S/C27H32N2O7/c1-3-4-16-35-20-12-8-19(9-13-20)25(31)23-24(29(14-5-15-34-2)27(33)26(23)32)18-6-10-21(11-7-18)36-17-22(28)30/h6-13,24,31H,3-5,14-17H2,1-2H3,(H2,28,30)/b25-23+. The molecule has 1 atom stereocenters. The maximum atomic E-state index is 13.1. The van der Waals surface area contributed by atoms with E-state index in [1.54, 1.807) is 55.6 Å². The molecule has 0 aromatic heterocycles. The van der Waals surface area contributed by atoms with Crippen molar-refractivity contribution in [3.63, 3.8) is 0 Å². The lowest BCUT2D eigenvalue weighted by Crippen LogP contribution is -2.31. The summed E-state index contributed by atoms with van der Waals surface area (Å²) in [6, 6.07) is 12.6.